The number of ether oxygens (including phenoxy) is 1. The minimum atomic E-state index is 0.733. The van der Waals surface area contributed by atoms with E-state index >= 15 is 0 Å². The van der Waals surface area contributed by atoms with Crippen LogP contribution in [0.5, 0.6) is 5.75 Å². The van der Waals surface area contributed by atoms with Gasteiger partial charge in [0.2, 0.25) is 0 Å². The lowest BCUT2D eigenvalue weighted by Gasteiger charge is -2.26. The topological polar surface area (TPSA) is 55.6 Å². The molecule has 0 atom stereocenters. The molecule has 0 unspecified atom stereocenters. The number of rotatable bonds is 6. The molecular weight excluding hydrogens is 398 g/mol. The fourth-order valence-corrected chi connectivity index (χ4v) is 3.97. The number of nitrogens with zero attached hydrogens (tertiary/aromatic N) is 5. The summed E-state index contributed by atoms with van der Waals surface area (Å²) in [4.78, 5) is 11.3. The van der Waals surface area contributed by atoms with Crippen molar-refractivity contribution in [2.24, 2.45) is 0 Å². The number of fused-ring (bicyclic) bond motifs is 1. The first-order chi connectivity index (χ1) is 15.9. The molecule has 166 valence electrons. The maximum absolute atomic E-state index is 5.94. The molecular formula is C26H31N5O. The number of hydrogen-bond acceptors (Lipinski definition) is 5. The van der Waals surface area contributed by atoms with Crippen LogP contribution in [0.4, 0.5) is 0 Å². The number of aromatic nitrogens is 4. The second kappa shape index (κ2) is 10.9. The Hall–Kier alpha value is -3.25. The van der Waals surface area contributed by atoms with Gasteiger partial charge in [-0.05, 0) is 49.7 Å². The Bertz CT molecular complexity index is 1100. The van der Waals surface area contributed by atoms with Crippen molar-refractivity contribution in [1.29, 1.82) is 0 Å². The molecule has 0 saturated carbocycles. The zero-order chi connectivity index (χ0) is 22.2. The van der Waals surface area contributed by atoms with E-state index < -0.39 is 0 Å². The lowest BCUT2D eigenvalue weighted by molar-refractivity contribution is 0.183. The monoisotopic (exact) mass is 429 g/mol. The van der Waals surface area contributed by atoms with Crippen molar-refractivity contribution in [3.63, 3.8) is 0 Å². The zero-order valence-electron chi connectivity index (χ0n) is 18.9. The molecule has 3 aromatic heterocycles. The van der Waals surface area contributed by atoms with Crippen molar-refractivity contribution in [3.05, 3.63) is 67.4 Å². The second-order valence-electron chi connectivity index (χ2n) is 7.69. The van der Waals surface area contributed by atoms with Gasteiger partial charge in [-0.1, -0.05) is 38.5 Å². The normalized spacial score (nSPS) is 14.1. The van der Waals surface area contributed by atoms with Gasteiger partial charge in [0.05, 0.1) is 6.20 Å². The van der Waals surface area contributed by atoms with Gasteiger partial charge in [-0.3, -0.25) is 9.88 Å². The highest BCUT2D eigenvalue weighted by Crippen LogP contribution is 2.26. The minimum absolute atomic E-state index is 0.733. The fraction of sp³-hybridized carbons (Fsp3) is 0.346. The molecule has 1 aliphatic rings. The van der Waals surface area contributed by atoms with Gasteiger partial charge >= 0.3 is 0 Å². The first-order valence-electron chi connectivity index (χ1n) is 11.6. The molecule has 1 aromatic carbocycles. The summed E-state index contributed by atoms with van der Waals surface area (Å²) in [6, 6.07) is 12.1. The Morgan fingerprint density at radius 3 is 2.44 bits per heavy atom. The lowest BCUT2D eigenvalue weighted by atomic mass is 10.1. The maximum Gasteiger partial charge on any atom is 0.162 e. The fourth-order valence-electron chi connectivity index (χ4n) is 3.97. The number of benzene rings is 1. The van der Waals surface area contributed by atoms with Gasteiger partial charge in [0, 0.05) is 48.0 Å². The van der Waals surface area contributed by atoms with Gasteiger partial charge in [0.1, 0.15) is 12.4 Å². The molecule has 0 amide bonds. The van der Waals surface area contributed by atoms with Crippen LogP contribution >= 0.6 is 0 Å². The molecule has 1 saturated heterocycles. The predicted molar refractivity (Wildman–Crippen MR) is 129 cm³/mol. The molecule has 0 N–H and O–H groups in total. The summed E-state index contributed by atoms with van der Waals surface area (Å²) in [5.41, 5.74) is 4.92. The molecule has 0 aliphatic carbocycles. The van der Waals surface area contributed by atoms with E-state index in [0.717, 1.165) is 46.8 Å². The van der Waals surface area contributed by atoms with Crippen LogP contribution in [0.1, 0.15) is 33.1 Å². The molecule has 4 heterocycles. The molecule has 6 heteroatoms. The van der Waals surface area contributed by atoms with Crippen LogP contribution in [0.25, 0.3) is 27.9 Å². The SMILES string of the molecule is CC.c1cncc(-c2cnn3cc(-c4ccc(OCCN5CCCCC5)cc4)cnc23)c1. The van der Waals surface area contributed by atoms with Gasteiger partial charge in [-0.25, -0.2) is 9.50 Å². The van der Waals surface area contributed by atoms with Gasteiger partial charge < -0.3 is 4.74 Å². The van der Waals surface area contributed by atoms with Crippen LogP contribution in [-0.2, 0) is 0 Å². The summed E-state index contributed by atoms with van der Waals surface area (Å²) >= 11 is 0. The van der Waals surface area contributed by atoms with Crippen molar-refractivity contribution in [3.8, 4) is 28.0 Å². The average molecular weight is 430 g/mol. The molecule has 4 aromatic rings. The molecule has 6 nitrogen and oxygen atoms in total. The van der Waals surface area contributed by atoms with Crippen molar-refractivity contribution in [2.75, 3.05) is 26.2 Å². The first-order valence-corrected chi connectivity index (χ1v) is 11.6. The number of likely N-dealkylation sites (tertiary alicyclic amines) is 1. The first kappa shape index (κ1) is 22.0. The molecule has 1 fully saturated rings. The van der Waals surface area contributed by atoms with Gasteiger partial charge in [0.15, 0.2) is 5.65 Å². The van der Waals surface area contributed by atoms with Crippen LogP contribution in [0.15, 0.2) is 67.4 Å². The molecule has 5 rings (SSSR count). The predicted octanol–water partition coefficient (Wildman–Crippen LogP) is 5.35. The Kier molecular flexibility index (Phi) is 7.46. The third kappa shape index (κ3) is 5.14. The van der Waals surface area contributed by atoms with E-state index in [1.165, 1.54) is 32.4 Å². The van der Waals surface area contributed by atoms with Crippen LogP contribution in [0, 0.1) is 0 Å². The maximum atomic E-state index is 5.94. The second-order valence-corrected chi connectivity index (χ2v) is 7.69. The third-order valence-electron chi connectivity index (χ3n) is 5.64. The van der Waals surface area contributed by atoms with E-state index in [1.807, 2.05) is 67.4 Å². The standard InChI is InChI=1S/C24H25N5O.C2H6/c1-2-11-28(12-3-1)13-14-30-22-8-6-19(7-9-22)21-16-26-24-23(17-27-29(24)18-21)20-5-4-10-25-15-20;1-2/h4-10,15-18H,1-3,11-14H2;1-2H3. The quantitative estimate of drug-likeness (QED) is 0.414. The van der Waals surface area contributed by atoms with E-state index in [4.69, 9.17) is 4.74 Å². The summed E-state index contributed by atoms with van der Waals surface area (Å²) in [7, 11) is 0. The van der Waals surface area contributed by atoms with Gasteiger partial charge in [-0.2, -0.15) is 5.10 Å². The van der Waals surface area contributed by atoms with E-state index in [0.29, 0.717) is 0 Å². The van der Waals surface area contributed by atoms with Crippen molar-refractivity contribution < 1.29 is 4.74 Å². The number of pyridine rings is 1. The summed E-state index contributed by atoms with van der Waals surface area (Å²) < 4.78 is 7.76. The van der Waals surface area contributed by atoms with Gasteiger partial charge in [0.25, 0.3) is 0 Å². The van der Waals surface area contributed by atoms with Crippen LogP contribution in [-0.4, -0.2) is 50.7 Å². The van der Waals surface area contributed by atoms with Crippen molar-refractivity contribution in [1.82, 2.24) is 24.5 Å². The molecule has 0 spiro atoms. The minimum Gasteiger partial charge on any atom is -0.492 e. The van der Waals surface area contributed by atoms with Crippen molar-refractivity contribution in [2.45, 2.75) is 33.1 Å². The van der Waals surface area contributed by atoms with Crippen LogP contribution < -0.4 is 4.74 Å². The van der Waals surface area contributed by atoms with Crippen LogP contribution in [0.2, 0.25) is 0 Å². The summed E-state index contributed by atoms with van der Waals surface area (Å²) in [6.45, 7) is 8.14. The van der Waals surface area contributed by atoms with E-state index in [9.17, 15) is 0 Å². The third-order valence-corrected chi connectivity index (χ3v) is 5.64. The highest BCUT2D eigenvalue weighted by atomic mass is 16.5. The largest absolute Gasteiger partial charge is 0.492 e. The molecule has 32 heavy (non-hydrogen) atoms. The van der Waals surface area contributed by atoms with Gasteiger partial charge in [-0.15, -0.1) is 0 Å². The zero-order valence-corrected chi connectivity index (χ0v) is 18.9. The lowest BCUT2D eigenvalue weighted by Crippen LogP contribution is -2.33. The Morgan fingerprint density at radius 2 is 1.69 bits per heavy atom. The summed E-state index contributed by atoms with van der Waals surface area (Å²) in [6.07, 6.45) is 13.3. The summed E-state index contributed by atoms with van der Waals surface area (Å²) in [5, 5.41) is 4.48. The Balaban J connectivity index is 0.00000119. The van der Waals surface area contributed by atoms with E-state index in [2.05, 4.69) is 32.1 Å². The highest BCUT2D eigenvalue weighted by molar-refractivity contribution is 5.77. The van der Waals surface area contributed by atoms with Crippen molar-refractivity contribution >= 4 is 5.65 Å². The average Bonchev–Trinajstić information content (AvgIpc) is 3.30. The molecule has 1 aliphatic heterocycles. The summed E-state index contributed by atoms with van der Waals surface area (Å²) in [5.74, 6) is 0.905. The Morgan fingerprint density at radius 1 is 0.875 bits per heavy atom. The Labute approximate surface area is 189 Å². The highest BCUT2D eigenvalue weighted by Gasteiger charge is 2.11. The van der Waals surface area contributed by atoms with Crippen LogP contribution in [0.3, 0.4) is 0 Å². The smallest absolute Gasteiger partial charge is 0.162 e. The molecule has 0 bridgehead atoms. The van der Waals surface area contributed by atoms with E-state index in [1.54, 1.807) is 6.20 Å². The number of hydrogen-bond donors (Lipinski definition) is 0. The van der Waals surface area contributed by atoms with E-state index in [-0.39, 0.29) is 0 Å². The number of piperidine rings is 1. The molecule has 0 radical (unpaired) electrons.